The minimum Gasteiger partial charge on any atom is -0.450 e. The van der Waals surface area contributed by atoms with Gasteiger partial charge >= 0.3 is 6.09 Å². The molecule has 8 heteroatoms. The Morgan fingerprint density at radius 3 is 2.57 bits per heavy atom. The number of hydrogen-bond acceptors (Lipinski definition) is 4. The number of nitrogens with one attached hydrogen (secondary N) is 1. The van der Waals surface area contributed by atoms with Crippen LogP contribution in [0.4, 0.5) is 19.3 Å². The molecule has 1 heterocycles. The molecule has 0 spiro atoms. The Hall–Kier alpha value is -2.22. The van der Waals surface area contributed by atoms with E-state index in [2.05, 4.69) is 5.32 Å². The SMILES string of the molecule is CCOC(=O)N1CCN(CC(=O)Nc2cc(F)ccc2F)CC1. The summed E-state index contributed by atoms with van der Waals surface area (Å²) in [4.78, 5) is 26.9. The van der Waals surface area contributed by atoms with E-state index >= 15 is 0 Å². The van der Waals surface area contributed by atoms with Gasteiger partial charge in [-0.25, -0.2) is 13.6 Å². The Labute approximate surface area is 133 Å². The standard InChI is InChI=1S/C15H19F2N3O3/c1-2-23-15(22)20-7-5-19(6-8-20)10-14(21)18-13-9-11(16)3-4-12(13)17/h3-4,9H,2,5-8,10H2,1H3,(H,18,21). The molecule has 1 aromatic carbocycles. The third-order valence-electron chi connectivity index (χ3n) is 3.47. The molecule has 1 fully saturated rings. The number of nitrogens with zero attached hydrogens (tertiary/aromatic N) is 2. The van der Waals surface area contributed by atoms with Crippen LogP contribution in [0, 0.1) is 11.6 Å². The van der Waals surface area contributed by atoms with Crippen LogP contribution in [0.15, 0.2) is 18.2 Å². The number of carbonyl (C=O) groups excluding carboxylic acids is 2. The molecule has 2 amide bonds. The molecule has 1 N–H and O–H groups in total. The fourth-order valence-corrected chi connectivity index (χ4v) is 2.29. The molecule has 0 unspecified atom stereocenters. The molecule has 0 aromatic heterocycles. The van der Waals surface area contributed by atoms with Crippen molar-refractivity contribution < 1.29 is 23.1 Å². The molecule has 0 radical (unpaired) electrons. The third-order valence-corrected chi connectivity index (χ3v) is 3.47. The van der Waals surface area contributed by atoms with Crippen LogP contribution in [-0.4, -0.2) is 61.1 Å². The molecule has 126 valence electrons. The highest BCUT2D eigenvalue weighted by Gasteiger charge is 2.23. The van der Waals surface area contributed by atoms with Crippen molar-refractivity contribution in [1.29, 1.82) is 0 Å². The Bertz CT molecular complexity index is 575. The van der Waals surface area contributed by atoms with Gasteiger partial charge in [-0.05, 0) is 19.1 Å². The van der Waals surface area contributed by atoms with Gasteiger partial charge in [-0.15, -0.1) is 0 Å². The lowest BCUT2D eigenvalue weighted by molar-refractivity contribution is -0.117. The van der Waals surface area contributed by atoms with Crippen molar-refractivity contribution in [3.8, 4) is 0 Å². The molecule has 1 aromatic rings. The summed E-state index contributed by atoms with van der Waals surface area (Å²) in [6.45, 7) is 4.05. The molecule has 0 atom stereocenters. The van der Waals surface area contributed by atoms with Gasteiger partial charge < -0.3 is 15.0 Å². The normalized spacial score (nSPS) is 15.3. The highest BCUT2D eigenvalue weighted by Crippen LogP contribution is 2.15. The van der Waals surface area contributed by atoms with Gasteiger partial charge in [0, 0.05) is 32.2 Å². The number of hydrogen-bond donors (Lipinski definition) is 1. The van der Waals surface area contributed by atoms with E-state index in [0.29, 0.717) is 32.8 Å². The number of carbonyl (C=O) groups is 2. The number of piperazine rings is 1. The highest BCUT2D eigenvalue weighted by atomic mass is 19.1. The van der Waals surface area contributed by atoms with Crippen LogP contribution >= 0.6 is 0 Å². The van der Waals surface area contributed by atoms with Gasteiger partial charge in [0.1, 0.15) is 11.6 Å². The second kappa shape index (κ2) is 7.87. The second-order valence-corrected chi connectivity index (χ2v) is 5.13. The Kier molecular flexibility index (Phi) is 5.86. The topological polar surface area (TPSA) is 61.9 Å². The zero-order valence-corrected chi connectivity index (χ0v) is 12.8. The second-order valence-electron chi connectivity index (χ2n) is 5.13. The van der Waals surface area contributed by atoms with E-state index in [0.717, 1.165) is 18.2 Å². The van der Waals surface area contributed by atoms with Crippen LogP contribution in [-0.2, 0) is 9.53 Å². The van der Waals surface area contributed by atoms with Crippen LogP contribution in [0.1, 0.15) is 6.92 Å². The zero-order valence-electron chi connectivity index (χ0n) is 12.8. The van der Waals surface area contributed by atoms with Crippen molar-refractivity contribution in [2.24, 2.45) is 0 Å². The fourth-order valence-electron chi connectivity index (χ4n) is 2.29. The summed E-state index contributed by atoms with van der Waals surface area (Å²) < 4.78 is 31.4. The lowest BCUT2D eigenvalue weighted by Crippen LogP contribution is -2.50. The largest absolute Gasteiger partial charge is 0.450 e. The first-order valence-electron chi connectivity index (χ1n) is 7.38. The van der Waals surface area contributed by atoms with Gasteiger partial charge in [0.05, 0.1) is 18.8 Å². The summed E-state index contributed by atoms with van der Waals surface area (Å²) >= 11 is 0. The number of rotatable bonds is 4. The summed E-state index contributed by atoms with van der Waals surface area (Å²) in [6, 6.07) is 2.88. The molecule has 23 heavy (non-hydrogen) atoms. The number of ether oxygens (including phenoxy) is 1. The molecule has 6 nitrogen and oxygen atoms in total. The molecule has 2 rings (SSSR count). The van der Waals surface area contributed by atoms with Crippen LogP contribution in [0.2, 0.25) is 0 Å². The first-order valence-corrected chi connectivity index (χ1v) is 7.38. The average molecular weight is 327 g/mol. The van der Waals surface area contributed by atoms with Gasteiger partial charge in [0.15, 0.2) is 0 Å². The number of anilines is 1. The molecule has 0 aliphatic carbocycles. The van der Waals surface area contributed by atoms with Crippen molar-refractivity contribution >= 4 is 17.7 Å². The quantitative estimate of drug-likeness (QED) is 0.914. The van der Waals surface area contributed by atoms with Gasteiger partial charge in [0.25, 0.3) is 0 Å². The summed E-state index contributed by atoms with van der Waals surface area (Å²) in [5, 5.41) is 2.35. The van der Waals surface area contributed by atoms with Crippen LogP contribution in [0.25, 0.3) is 0 Å². The molecule has 0 bridgehead atoms. The minimum absolute atomic E-state index is 0.0482. The molecule has 1 saturated heterocycles. The lowest BCUT2D eigenvalue weighted by Gasteiger charge is -2.33. The molecular weight excluding hydrogens is 308 g/mol. The molecule has 1 aliphatic rings. The first-order chi connectivity index (χ1) is 11.0. The molecular formula is C15H19F2N3O3. The molecule has 1 aliphatic heterocycles. The Morgan fingerprint density at radius 2 is 1.91 bits per heavy atom. The number of halogens is 2. The fraction of sp³-hybridized carbons (Fsp3) is 0.467. The van der Waals surface area contributed by atoms with Crippen molar-refractivity contribution in [2.75, 3.05) is 44.6 Å². The van der Waals surface area contributed by atoms with Gasteiger partial charge in [-0.3, -0.25) is 9.69 Å². The van der Waals surface area contributed by atoms with E-state index in [1.54, 1.807) is 11.8 Å². The maximum atomic E-state index is 13.5. The number of benzene rings is 1. The third kappa shape index (κ3) is 4.88. The predicted octanol–water partition coefficient (Wildman–Crippen LogP) is 1.68. The smallest absolute Gasteiger partial charge is 0.409 e. The van der Waals surface area contributed by atoms with Gasteiger partial charge in [-0.1, -0.05) is 0 Å². The molecule has 0 saturated carbocycles. The van der Waals surface area contributed by atoms with E-state index in [-0.39, 0.29) is 18.3 Å². The summed E-state index contributed by atoms with van der Waals surface area (Å²) in [7, 11) is 0. The summed E-state index contributed by atoms with van der Waals surface area (Å²) in [5.41, 5.74) is -0.180. The first kappa shape index (κ1) is 17.1. The number of amides is 2. The van der Waals surface area contributed by atoms with Crippen LogP contribution < -0.4 is 5.32 Å². The van der Waals surface area contributed by atoms with Crippen molar-refractivity contribution in [1.82, 2.24) is 9.80 Å². The Morgan fingerprint density at radius 1 is 1.22 bits per heavy atom. The van der Waals surface area contributed by atoms with E-state index in [9.17, 15) is 18.4 Å². The predicted molar refractivity (Wildman–Crippen MR) is 80.0 cm³/mol. The monoisotopic (exact) mass is 327 g/mol. The summed E-state index contributed by atoms with van der Waals surface area (Å²) in [5.74, 6) is -1.74. The van der Waals surface area contributed by atoms with Crippen molar-refractivity contribution in [3.63, 3.8) is 0 Å². The van der Waals surface area contributed by atoms with Crippen molar-refractivity contribution in [3.05, 3.63) is 29.8 Å². The maximum Gasteiger partial charge on any atom is 0.409 e. The Balaban J connectivity index is 1.81. The average Bonchev–Trinajstić information content (AvgIpc) is 2.52. The van der Waals surface area contributed by atoms with Gasteiger partial charge in [0.2, 0.25) is 5.91 Å². The van der Waals surface area contributed by atoms with E-state index in [1.807, 2.05) is 4.90 Å². The van der Waals surface area contributed by atoms with Crippen LogP contribution in [0.5, 0.6) is 0 Å². The lowest BCUT2D eigenvalue weighted by atomic mass is 10.3. The van der Waals surface area contributed by atoms with E-state index in [1.165, 1.54) is 0 Å². The van der Waals surface area contributed by atoms with Crippen LogP contribution in [0.3, 0.4) is 0 Å². The van der Waals surface area contributed by atoms with E-state index < -0.39 is 17.5 Å². The minimum atomic E-state index is -0.688. The maximum absolute atomic E-state index is 13.5. The highest BCUT2D eigenvalue weighted by molar-refractivity contribution is 5.92. The zero-order chi connectivity index (χ0) is 16.8. The van der Waals surface area contributed by atoms with E-state index in [4.69, 9.17) is 4.74 Å². The van der Waals surface area contributed by atoms with Gasteiger partial charge in [-0.2, -0.15) is 0 Å². The summed E-state index contributed by atoms with van der Waals surface area (Å²) in [6.07, 6.45) is -0.363. The van der Waals surface area contributed by atoms with Crippen molar-refractivity contribution in [2.45, 2.75) is 6.92 Å².